The Morgan fingerprint density at radius 1 is 1.37 bits per heavy atom. The van der Waals surface area contributed by atoms with Crippen molar-refractivity contribution >= 4 is 0 Å². The van der Waals surface area contributed by atoms with E-state index in [0.29, 0.717) is 24.7 Å². The minimum absolute atomic E-state index is 0.292. The van der Waals surface area contributed by atoms with E-state index in [0.717, 1.165) is 31.8 Å². The smallest absolute Gasteiger partial charge is 0.119 e. The van der Waals surface area contributed by atoms with Crippen LogP contribution in [0.5, 0.6) is 5.75 Å². The monoisotopic (exact) mass is 260 g/mol. The first kappa shape index (κ1) is 13.9. The van der Waals surface area contributed by atoms with Crippen LogP contribution in [-0.4, -0.2) is 42.9 Å². The lowest BCUT2D eigenvalue weighted by molar-refractivity contribution is 0.222. The molecule has 0 aromatic heterocycles. The summed E-state index contributed by atoms with van der Waals surface area (Å²) in [5.41, 5.74) is 0.652. The van der Waals surface area contributed by atoms with Crippen LogP contribution in [0.4, 0.5) is 0 Å². The van der Waals surface area contributed by atoms with Gasteiger partial charge in [-0.15, -0.1) is 0 Å². The van der Waals surface area contributed by atoms with Crippen molar-refractivity contribution in [3.8, 4) is 11.8 Å². The van der Waals surface area contributed by atoms with Crippen molar-refractivity contribution in [3.05, 3.63) is 29.8 Å². The number of ether oxygens (including phenoxy) is 1. The van der Waals surface area contributed by atoms with E-state index in [-0.39, 0.29) is 0 Å². The van der Waals surface area contributed by atoms with E-state index in [2.05, 4.69) is 11.0 Å². The first-order valence-electron chi connectivity index (χ1n) is 6.78. The van der Waals surface area contributed by atoms with E-state index < -0.39 is 0 Å². The van der Waals surface area contributed by atoms with E-state index in [1.807, 2.05) is 12.1 Å². The molecule has 1 saturated heterocycles. The molecule has 0 radical (unpaired) electrons. The number of nitriles is 1. The average molecular weight is 260 g/mol. The molecule has 2 rings (SSSR count). The number of likely N-dealkylation sites (tertiary alicyclic amines) is 1. The van der Waals surface area contributed by atoms with Crippen LogP contribution in [0, 0.1) is 17.2 Å². The molecule has 1 heterocycles. The topological polar surface area (TPSA) is 56.5 Å². The summed E-state index contributed by atoms with van der Waals surface area (Å²) in [6.45, 7) is 4.04. The predicted molar refractivity (Wildman–Crippen MR) is 72.9 cm³/mol. The molecule has 0 spiro atoms. The van der Waals surface area contributed by atoms with Gasteiger partial charge < -0.3 is 9.84 Å². The quantitative estimate of drug-likeness (QED) is 0.845. The van der Waals surface area contributed by atoms with Gasteiger partial charge in [-0.2, -0.15) is 5.26 Å². The van der Waals surface area contributed by atoms with E-state index >= 15 is 0 Å². The van der Waals surface area contributed by atoms with Gasteiger partial charge in [0.2, 0.25) is 0 Å². The minimum Gasteiger partial charge on any atom is -0.492 e. The Morgan fingerprint density at radius 2 is 2.16 bits per heavy atom. The Bertz CT molecular complexity index is 425. The van der Waals surface area contributed by atoms with Crippen LogP contribution >= 0.6 is 0 Å². The second-order valence-electron chi connectivity index (χ2n) is 4.95. The van der Waals surface area contributed by atoms with Gasteiger partial charge in [0.15, 0.2) is 0 Å². The molecule has 1 aliphatic rings. The third kappa shape index (κ3) is 4.23. The molecule has 0 bridgehead atoms. The molecule has 1 N–H and O–H groups in total. The highest BCUT2D eigenvalue weighted by Gasteiger charge is 2.21. The molecule has 4 heteroatoms. The zero-order valence-electron chi connectivity index (χ0n) is 11.1. The third-order valence-corrected chi connectivity index (χ3v) is 3.57. The number of aliphatic hydroxyl groups excluding tert-OH is 1. The summed E-state index contributed by atoms with van der Waals surface area (Å²) in [6, 6.07) is 9.28. The standard InChI is InChI=1S/C15H20N2O2/c16-11-13-1-3-15(4-2-13)19-10-8-17-7-5-14(12-17)6-9-18/h1-4,14,18H,5-10,12H2. The Kier molecular flexibility index (Phi) is 5.20. The van der Waals surface area contributed by atoms with Gasteiger partial charge >= 0.3 is 0 Å². The van der Waals surface area contributed by atoms with E-state index in [4.69, 9.17) is 15.1 Å². The van der Waals surface area contributed by atoms with Crippen molar-refractivity contribution < 1.29 is 9.84 Å². The molecule has 1 fully saturated rings. The Morgan fingerprint density at radius 3 is 2.84 bits per heavy atom. The molecule has 102 valence electrons. The number of hydrogen-bond donors (Lipinski definition) is 1. The van der Waals surface area contributed by atoms with Crippen molar-refractivity contribution in [3.63, 3.8) is 0 Å². The van der Waals surface area contributed by atoms with Crippen molar-refractivity contribution in [1.29, 1.82) is 5.26 Å². The number of benzene rings is 1. The number of rotatable bonds is 6. The highest BCUT2D eigenvalue weighted by atomic mass is 16.5. The zero-order valence-corrected chi connectivity index (χ0v) is 11.1. The molecule has 0 saturated carbocycles. The molecule has 1 aliphatic heterocycles. The van der Waals surface area contributed by atoms with Crippen molar-refractivity contribution in [2.45, 2.75) is 12.8 Å². The largest absolute Gasteiger partial charge is 0.492 e. The molecular weight excluding hydrogens is 240 g/mol. The summed E-state index contributed by atoms with van der Waals surface area (Å²) in [7, 11) is 0. The average Bonchev–Trinajstić information content (AvgIpc) is 2.88. The van der Waals surface area contributed by atoms with Gasteiger partial charge in [0.1, 0.15) is 12.4 Å². The van der Waals surface area contributed by atoms with Crippen LogP contribution in [0.2, 0.25) is 0 Å². The second-order valence-corrected chi connectivity index (χ2v) is 4.95. The molecule has 1 unspecified atom stereocenters. The first-order valence-corrected chi connectivity index (χ1v) is 6.78. The normalized spacial score (nSPS) is 19.3. The second kappa shape index (κ2) is 7.13. The van der Waals surface area contributed by atoms with Crippen LogP contribution in [0.25, 0.3) is 0 Å². The van der Waals surface area contributed by atoms with Gasteiger partial charge in [-0.25, -0.2) is 0 Å². The highest BCUT2D eigenvalue weighted by Crippen LogP contribution is 2.19. The lowest BCUT2D eigenvalue weighted by Gasteiger charge is -2.16. The van der Waals surface area contributed by atoms with Gasteiger partial charge in [-0.3, -0.25) is 4.90 Å². The molecular formula is C15H20N2O2. The lowest BCUT2D eigenvalue weighted by Crippen LogP contribution is -2.26. The minimum atomic E-state index is 0.292. The number of nitrogens with zero attached hydrogens (tertiary/aromatic N) is 2. The molecule has 0 aliphatic carbocycles. The summed E-state index contributed by atoms with van der Waals surface area (Å²) >= 11 is 0. The summed E-state index contributed by atoms with van der Waals surface area (Å²) in [4.78, 5) is 2.38. The summed E-state index contributed by atoms with van der Waals surface area (Å²) < 4.78 is 5.66. The van der Waals surface area contributed by atoms with Crippen LogP contribution in [0.3, 0.4) is 0 Å². The fourth-order valence-electron chi connectivity index (χ4n) is 2.45. The van der Waals surface area contributed by atoms with Gasteiger partial charge in [0, 0.05) is 19.7 Å². The lowest BCUT2D eigenvalue weighted by atomic mass is 10.1. The van der Waals surface area contributed by atoms with E-state index in [9.17, 15) is 0 Å². The fourth-order valence-corrected chi connectivity index (χ4v) is 2.45. The maximum absolute atomic E-state index is 8.91. The van der Waals surface area contributed by atoms with Gasteiger partial charge in [-0.05, 0) is 49.6 Å². The first-order chi connectivity index (χ1) is 9.31. The molecule has 1 aromatic rings. The van der Waals surface area contributed by atoms with Crippen LogP contribution in [-0.2, 0) is 0 Å². The van der Waals surface area contributed by atoms with Crippen LogP contribution < -0.4 is 4.74 Å². The van der Waals surface area contributed by atoms with Gasteiger partial charge in [0.05, 0.1) is 11.6 Å². The van der Waals surface area contributed by atoms with Crippen LogP contribution in [0.15, 0.2) is 24.3 Å². The van der Waals surface area contributed by atoms with Crippen LogP contribution in [0.1, 0.15) is 18.4 Å². The van der Waals surface area contributed by atoms with Gasteiger partial charge in [-0.1, -0.05) is 0 Å². The Labute approximate surface area is 114 Å². The summed E-state index contributed by atoms with van der Waals surface area (Å²) in [5.74, 6) is 1.45. The molecule has 4 nitrogen and oxygen atoms in total. The summed E-state index contributed by atoms with van der Waals surface area (Å²) in [5, 5.41) is 17.6. The summed E-state index contributed by atoms with van der Waals surface area (Å²) in [6.07, 6.45) is 2.09. The zero-order chi connectivity index (χ0) is 13.5. The van der Waals surface area contributed by atoms with Crippen molar-refractivity contribution in [2.24, 2.45) is 5.92 Å². The Balaban J connectivity index is 1.68. The fraction of sp³-hybridized carbons (Fsp3) is 0.533. The number of hydrogen-bond acceptors (Lipinski definition) is 4. The maximum atomic E-state index is 8.91. The predicted octanol–water partition coefficient (Wildman–Crippen LogP) is 1.64. The maximum Gasteiger partial charge on any atom is 0.119 e. The van der Waals surface area contributed by atoms with E-state index in [1.165, 1.54) is 6.42 Å². The SMILES string of the molecule is N#Cc1ccc(OCCN2CCC(CCO)C2)cc1. The van der Waals surface area contributed by atoms with Crippen molar-refractivity contribution in [2.75, 3.05) is 32.8 Å². The van der Waals surface area contributed by atoms with E-state index in [1.54, 1.807) is 12.1 Å². The van der Waals surface area contributed by atoms with Gasteiger partial charge in [0.25, 0.3) is 0 Å². The number of aliphatic hydroxyl groups is 1. The Hall–Kier alpha value is -1.57. The molecule has 0 amide bonds. The molecule has 19 heavy (non-hydrogen) atoms. The van der Waals surface area contributed by atoms with Crippen molar-refractivity contribution in [1.82, 2.24) is 4.90 Å². The highest BCUT2D eigenvalue weighted by molar-refractivity contribution is 5.34. The molecule has 1 aromatic carbocycles. The third-order valence-electron chi connectivity index (χ3n) is 3.57. The molecule has 1 atom stereocenters.